The van der Waals surface area contributed by atoms with Crippen molar-refractivity contribution in [3.05, 3.63) is 0 Å². The van der Waals surface area contributed by atoms with E-state index in [9.17, 15) is 0 Å². The maximum Gasteiger partial charge on any atom is -0.00334 e. The normalized spacial score (nSPS) is 12.0. The van der Waals surface area contributed by atoms with E-state index in [1.165, 1.54) is 193 Å². The molecule has 0 aromatic heterocycles. The Balaban J connectivity index is 3.54. The molecule has 0 aromatic rings. The molecule has 0 saturated carbocycles. The van der Waals surface area contributed by atoms with Gasteiger partial charge in [-0.15, -0.1) is 0 Å². The highest BCUT2D eigenvalue weighted by Gasteiger charge is 2.25. The molecule has 0 aromatic carbocycles. The molecule has 0 aliphatic rings. The summed E-state index contributed by atoms with van der Waals surface area (Å²) in [5.41, 5.74) is 0.389. The Hall–Kier alpha value is 0.700. The molecule has 37 heavy (non-hydrogen) atoms. The monoisotopic (exact) mass is 557 g/mol. The van der Waals surface area contributed by atoms with E-state index >= 15 is 0 Å². The molecule has 0 aliphatic heterocycles. The minimum absolute atomic E-state index is 0.389. The van der Waals surface area contributed by atoms with Gasteiger partial charge in [0.15, 0.2) is 0 Å². The van der Waals surface area contributed by atoms with Crippen LogP contribution in [0.15, 0.2) is 0 Å². The molecule has 0 nitrogen and oxygen atoms in total. The molecule has 224 valence electrons. The van der Waals surface area contributed by atoms with Crippen LogP contribution in [-0.4, -0.2) is 11.5 Å². The summed E-state index contributed by atoms with van der Waals surface area (Å²) in [6.45, 7) is 4.61. The van der Waals surface area contributed by atoms with Crippen LogP contribution in [0.4, 0.5) is 0 Å². The lowest BCUT2D eigenvalue weighted by Crippen LogP contribution is -2.25. The summed E-state index contributed by atoms with van der Waals surface area (Å²) in [5.74, 6) is 2.04. The summed E-state index contributed by atoms with van der Waals surface area (Å²) < 4.78 is 0. The van der Waals surface area contributed by atoms with Gasteiger partial charge in [0.05, 0.1) is 0 Å². The van der Waals surface area contributed by atoms with E-state index in [1.54, 1.807) is 0 Å². The van der Waals surface area contributed by atoms with E-state index in [2.05, 4.69) is 13.8 Å². The highest BCUT2D eigenvalue weighted by Crippen LogP contribution is 2.34. The van der Waals surface area contributed by atoms with E-state index in [4.69, 9.17) is 25.3 Å². The highest BCUT2D eigenvalue weighted by molar-refractivity contribution is 7.81. The minimum Gasteiger partial charge on any atom is -0.179 e. The van der Waals surface area contributed by atoms with Crippen LogP contribution in [0, 0.1) is 5.41 Å². The van der Waals surface area contributed by atoms with Gasteiger partial charge in [-0.05, 0) is 29.8 Å². The Kier molecular flexibility index (Phi) is 31.8. The number of hydrogen-bond acceptors (Lipinski definition) is 2. The van der Waals surface area contributed by atoms with Crippen LogP contribution in [0.2, 0.25) is 0 Å². The summed E-state index contributed by atoms with van der Waals surface area (Å²) in [5, 5.41) is 0. The molecule has 0 rings (SSSR count). The van der Waals surface area contributed by atoms with Crippen molar-refractivity contribution in [1.29, 1.82) is 0 Å². The largest absolute Gasteiger partial charge is 0.179 e. The lowest BCUT2D eigenvalue weighted by atomic mass is 9.81. The molecule has 0 atom stereocenters. The predicted molar refractivity (Wildman–Crippen MR) is 180 cm³/mol. The molecule has 0 N–H and O–H groups in total. The summed E-state index contributed by atoms with van der Waals surface area (Å²) in [4.78, 5) is 0. The standard InChI is InChI=1S/C35H72S2/c1-3-5-7-9-11-13-15-17-19-21-23-25-27-29-31-35(33-36,34-37)32-30-28-26-24-22-20-18-16-14-12-10-8-6-4-2/h36-37H,3-34H2,1-2H3. The maximum absolute atomic E-state index is 4.78. The van der Waals surface area contributed by atoms with E-state index < -0.39 is 0 Å². The van der Waals surface area contributed by atoms with Gasteiger partial charge < -0.3 is 0 Å². The van der Waals surface area contributed by atoms with Crippen LogP contribution in [0.1, 0.15) is 206 Å². The van der Waals surface area contributed by atoms with Gasteiger partial charge in [0, 0.05) is 0 Å². The fraction of sp³-hybridized carbons (Fsp3) is 1.00. The number of rotatable bonds is 32. The molecule has 0 unspecified atom stereocenters. The third-order valence-corrected chi connectivity index (χ3v) is 10.1. The fourth-order valence-electron chi connectivity index (χ4n) is 5.88. The van der Waals surface area contributed by atoms with Gasteiger partial charge in [0.25, 0.3) is 0 Å². The van der Waals surface area contributed by atoms with E-state index in [0.717, 1.165) is 11.5 Å². The molecule has 0 saturated heterocycles. The molecular weight excluding hydrogens is 485 g/mol. The van der Waals surface area contributed by atoms with E-state index in [-0.39, 0.29) is 0 Å². The highest BCUT2D eigenvalue weighted by atomic mass is 32.1. The third-order valence-electron chi connectivity index (χ3n) is 8.79. The first-order valence-corrected chi connectivity index (χ1v) is 18.7. The topological polar surface area (TPSA) is 0 Å². The molecule has 0 amide bonds. The molecular formula is C35H72S2. The van der Waals surface area contributed by atoms with Gasteiger partial charge >= 0.3 is 0 Å². The van der Waals surface area contributed by atoms with Crippen LogP contribution < -0.4 is 0 Å². The molecule has 0 bridgehead atoms. The zero-order chi connectivity index (χ0) is 27.1. The molecule has 0 aliphatic carbocycles. The van der Waals surface area contributed by atoms with Crippen molar-refractivity contribution in [3.63, 3.8) is 0 Å². The first kappa shape index (κ1) is 37.7. The molecule has 0 heterocycles. The smallest absolute Gasteiger partial charge is 0.00334 e. The average molecular weight is 557 g/mol. The zero-order valence-electron chi connectivity index (χ0n) is 26.0. The van der Waals surface area contributed by atoms with Gasteiger partial charge in [0.2, 0.25) is 0 Å². The third kappa shape index (κ3) is 26.7. The van der Waals surface area contributed by atoms with Crippen molar-refractivity contribution < 1.29 is 0 Å². The maximum atomic E-state index is 4.78. The summed E-state index contributed by atoms with van der Waals surface area (Å²) in [7, 11) is 0. The van der Waals surface area contributed by atoms with Crippen LogP contribution in [-0.2, 0) is 0 Å². The van der Waals surface area contributed by atoms with E-state index in [1.807, 2.05) is 0 Å². The van der Waals surface area contributed by atoms with Crippen LogP contribution >= 0.6 is 25.3 Å². The van der Waals surface area contributed by atoms with Gasteiger partial charge in [-0.3, -0.25) is 0 Å². The molecule has 0 radical (unpaired) electrons. The van der Waals surface area contributed by atoms with E-state index in [0.29, 0.717) is 5.41 Å². The number of hydrogen-bond donors (Lipinski definition) is 2. The van der Waals surface area contributed by atoms with Crippen molar-refractivity contribution in [2.24, 2.45) is 5.41 Å². The van der Waals surface area contributed by atoms with Crippen molar-refractivity contribution in [3.8, 4) is 0 Å². The SMILES string of the molecule is CCCCCCCCCCCCCCCCC(CS)(CS)CCCCCCCCCCCCCCCC. The van der Waals surface area contributed by atoms with Gasteiger partial charge in [-0.2, -0.15) is 25.3 Å². The lowest BCUT2D eigenvalue weighted by Gasteiger charge is -2.31. The van der Waals surface area contributed by atoms with Crippen LogP contribution in [0.25, 0.3) is 0 Å². The molecule has 0 fully saturated rings. The first-order valence-electron chi connectivity index (χ1n) is 17.5. The van der Waals surface area contributed by atoms with Gasteiger partial charge in [-0.25, -0.2) is 0 Å². The Morgan fingerprint density at radius 2 is 0.486 bits per heavy atom. The first-order chi connectivity index (χ1) is 18.2. The Labute approximate surface area is 247 Å². The second kappa shape index (κ2) is 31.2. The lowest BCUT2D eigenvalue weighted by molar-refractivity contribution is 0.298. The molecule has 2 heteroatoms. The summed E-state index contributed by atoms with van der Waals surface area (Å²) in [6.07, 6.45) is 43.1. The summed E-state index contributed by atoms with van der Waals surface area (Å²) in [6, 6.07) is 0. The Bertz CT molecular complexity index is 370. The van der Waals surface area contributed by atoms with Crippen LogP contribution in [0.3, 0.4) is 0 Å². The predicted octanol–water partition coefficient (Wildman–Crippen LogP) is 13.6. The van der Waals surface area contributed by atoms with Gasteiger partial charge in [-0.1, -0.05) is 194 Å². The molecule has 0 spiro atoms. The Morgan fingerprint density at radius 3 is 0.676 bits per heavy atom. The minimum atomic E-state index is 0.389. The average Bonchev–Trinajstić information content (AvgIpc) is 2.92. The zero-order valence-corrected chi connectivity index (χ0v) is 27.8. The van der Waals surface area contributed by atoms with Crippen LogP contribution in [0.5, 0.6) is 0 Å². The van der Waals surface area contributed by atoms with Gasteiger partial charge in [0.1, 0.15) is 0 Å². The Morgan fingerprint density at radius 1 is 0.297 bits per heavy atom. The van der Waals surface area contributed by atoms with Crippen molar-refractivity contribution >= 4 is 25.3 Å². The van der Waals surface area contributed by atoms with Crippen molar-refractivity contribution in [1.82, 2.24) is 0 Å². The second-order valence-corrected chi connectivity index (χ2v) is 13.1. The second-order valence-electron chi connectivity index (χ2n) is 12.5. The quantitative estimate of drug-likeness (QED) is 0.0597. The summed E-state index contributed by atoms with van der Waals surface area (Å²) >= 11 is 9.56. The fourth-order valence-corrected chi connectivity index (χ4v) is 6.91. The number of unbranched alkanes of at least 4 members (excludes halogenated alkanes) is 26. The van der Waals surface area contributed by atoms with Crippen molar-refractivity contribution in [2.45, 2.75) is 206 Å². The van der Waals surface area contributed by atoms with Crippen molar-refractivity contribution in [2.75, 3.05) is 11.5 Å². The number of thiol groups is 2.